The van der Waals surface area contributed by atoms with Crippen molar-refractivity contribution in [3.05, 3.63) is 30.3 Å². The number of piperidine rings is 1. The normalized spacial score (nSPS) is 15.9. The van der Waals surface area contributed by atoms with Crippen LogP contribution in [0, 0.1) is 5.92 Å². The van der Waals surface area contributed by atoms with E-state index in [1.54, 1.807) is 0 Å². The maximum absolute atomic E-state index is 4.77. The fourth-order valence-corrected chi connectivity index (χ4v) is 2.24. The molecule has 1 saturated heterocycles. The van der Waals surface area contributed by atoms with Gasteiger partial charge in [-0.1, -0.05) is 32.0 Å². The summed E-state index contributed by atoms with van der Waals surface area (Å²) in [7, 11) is 0. The summed E-state index contributed by atoms with van der Waals surface area (Å²) in [5.41, 5.74) is 1.12. The third-order valence-electron chi connectivity index (χ3n) is 3.29. The zero-order valence-electron chi connectivity index (χ0n) is 12.5. The maximum Gasteiger partial charge on any atom is 0.198 e. The molecule has 0 radical (unpaired) electrons. The van der Waals surface area contributed by atoms with E-state index in [-0.39, 0.29) is 24.0 Å². The van der Waals surface area contributed by atoms with Gasteiger partial charge in [0.2, 0.25) is 0 Å². The molecule has 1 heterocycles. The van der Waals surface area contributed by atoms with Crippen LogP contribution in [0.5, 0.6) is 0 Å². The summed E-state index contributed by atoms with van der Waals surface area (Å²) in [5.74, 6) is 1.64. The third-order valence-corrected chi connectivity index (χ3v) is 3.29. The lowest BCUT2D eigenvalue weighted by Crippen LogP contribution is -2.40. The molecule has 20 heavy (non-hydrogen) atoms. The Kier molecular flexibility index (Phi) is 7.95. The fourth-order valence-electron chi connectivity index (χ4n) is 2.24. The molecule has 1 aliphatic rings. The second-order valence-corrected chi connectivity index (χ2v) is 5.60. The summed E-state index contributed by atoms with van der Waals surface area (Å²) in [5, 5.41) is 3.48. The van der Waals surface area contributed by atoms with Crippen molar-refractivity contribution in [1.82, 2.24) is 4.90 Å². The summed E-state index contributed by atoms with van der Waals surface area (Å²) in [6.07, 6.45) is 3.90. The van der Waals surface area contributed by atoms with Crippen LogP contribution in [0.15, 0.2) is 35.3 Å². The van der Waals surface area contributed by atoms with Gasteiger partial charge < -0.3 is 10.2 Å². The van der Waals surface area contributed by atoms with Crippen LogP contribution in [0.25, 0.3) is 0 Å². The van der Waals surface area contributed by atoms with Crippen molar-refractivity contribution in [2.45, 2.75) is 33.1 Å². The minimum atomic E-state index is 0. The van der Waals surface area contributed by atoms with Crippen molar-refractivity contribution in [3.8, 4) is 0 Å². The van der Waals surface area contributed by atoms with Crippen molar-refractivity contribution < 1.29 is 0 Å². The van der Waals surface area contributed by atoms with Crippen molar-refractivity contribution in [2.75, 3.05) is 25.0 Å². The standard InChI is InChI=1S/C16H25N3.HI/c1-14(2)13-17-16(19-11-7-4-8-12-19)18-15-9-5-3-6-10-15;/h3,5-6,9-10,14H,4,7-8,11-13H2,1-2H3,(H,17,18);1H. The molecule has 1 fully saturated rings. The second kappa shape index (κ2) is 9.21. The van der Waals surface area contributed by atoms with Crippen LogP contribution in [0.1, 0.15) is 33.1 Å². The molecular weight excluding hydrogens is 361 g/mol. The zero-order valence-corrected chi connectivity index (χ0v) is 14.8. The number of benzene rings is 1. The van der Waals surface area contributed by atoms with Gasteiger partial charge in [0.1, 0.15) is 0 Å². The van der Waals surface area contributed by atoms with E-state index >= 15 is 0 Å². The molecule has 4 heteroatoms. The molecule has 0 amide bonds. The quantitative estimate of drug-likeness (QED) is 0.478. The summed E-state index contributed by atoms with van der Waals surface area (Å²) in [6, 6.07) is 10.3. The highest BCUT2D eigenvalue weighted by Gasteiger charge is 2.14. The average molecular weight is 387 g/mol. The van der Waals surface area contributed by atoms with E-state index in [2.05, 4.69) is 48.3 Å². The molecule has 0 saturated carbocycles. The van der Waals surface area contributed by atoms with Crippen LogP contribution in [0.4, 0.5) is 5.69 Å². The van der Waals surface area contributed by atoms with Gasteiger partial charge in [0.25, 0.3) is 0 Å². The Morgan fingerprint density at radius 1 is 1.15 bits per heavy atom. The summed E-state index contributed by atoms with van der Waals surface area (Å²) in [6.45, 7) is 7.54. The number of guanidine groups is 1. The van der Waals surface area contributed by atoms with E-state index < -0.39 is 0 Å². The Morgan fingerprint density at radius 3 is 2.40 bits per heavy atom. The third kappa shape index (κ3) is 5.69. The summed E-state index contributed by atoms with van der Waals surface area (Å²) < 4.78 is 0. The van der Waals surface area contributed by atoms with Gasteiger partial charge >= 0.3 is 0 Å². The van der Waals surface area contributed by atoms with E-state index in [1.807, 2.05) is 6.07 Å². The van der Waals surface area contributed by atoms with Crippen LogP contribution in [-0.4, -0.2) is 30.5 Å². The zero-order chi connectivity index (χ0) is 13.5. The lowest BCUT2D eigenvalue weighted by molar-refractivity contribution is 0.340. The molecule has 0 unspecified atom stereocenters. The van der Waals surface area contributed by atoms with Gasteiger partial charge in [-0.25, -0.2) is 0 Å². The van der Waals surface area contributed by atoms with Crippen LogP contribution in [0.3, 0.4) is 0 Å². The number of aliphatic imine (C=N–C) groups is 1. The number of rotatable bonds is 3. The molecule has 112 valence electrons. The number of likely N-dealkylation sites (tertiary alicyclic amines) is 1. The van der Waals surface area contributed by atoms with Gasteiger partial charge in [0.05, 0.1) is 0 Å². The van der Waals surface area contributed by atoms with Gasteiger partial charge in [-0.2, -0.15) is 0 Å². The fraction of sp³-hybridized carbons (Fsp3) is 0.562. The number of hydrogen-bond acceptors (Lipinski definition) is 1. The average Bonchev–Trinajstić information content (AvgIpc) is 2.45. The molecule has 3 nitrogen and oxygen atoms in total. The Morgan fingerprint density at radius 2 is 1.80 bits per heavy atom. The highest BCUT2D eigenvalue weighted by atomic mass is 127. The van der Waals surface area contributed by atoms with E-state index in [0.29, 0.717) is 5.92 Å². The Labute approximate surface area is 139 Å². The predicted molar refractivity (Wildman–Crippen MR) is 98.0 cm³/mol. The Balaban J connectivity index is 0.00000200. The van der Waals surface area contributed by atoms with Crippen molar-refractivity contribution in [1.29, 1.82) is 0 Å². The highest BCUT2D eigenvalue weighted by molar-refractivity contribution is 14.0. The molecule has 1 aliphatic heterocycles. The second-order valence-electron chi connectivity index (χ2n) is 5.60. The molecule has 1 aromatic rings. The van der Waals surface area contributed by atoms with Crippen LogP contribution in [-0.2, 0) is 0 Å². The lowest BCUT2D eigenvalue weighted by atomic mass is 10.1. The molecule has 1 aromatic carbocycles. The number of nitrogens with zero attached hydrogens (tertiary/aromatic N) is 2. The number of halogens is 1. The molecule has 0 spiro atoms. The SMILES string of the molecule is CC(C)CN=C(Nc1ccccc1)N1CCCCC1.I. The molecule has 0 atom stereocenters. The monoisotopic (exact) mass is 387 g/mol. The first kappa shape index (κ1) is 17.3. The molecule has 2 rings (SSSR count). The highest BCUT2D eigenvalue weighted by Crippen LogP contribution is 2.13. The van der Waals surface area contributed by atoms with Crippen molar-refractivity contribution >= 4 is 35.6 Å². The van der Waals surface area contributed by atoms with Crippen molar-refractivity contribution in [3.63, 3.8) is 0 Å². The summed E-state index contributed by atoms with van der Waals surface area (Å²) in [4.78, 5) is 7.16. The van der Waals surface area contributed by atoms with Crippen LogP contribution >= 0.6 is 24.0 Å². The molecule has 0 aliphatic carbocycles. The predicted octanol–water partition coefficient (Wildman–Crippen LogP) is 4.21. The first-order valence-corrected chi connectivity index (χ1v) is 7.37. The van der Waals surface area contributed by atoms with E-state index in [4.69, 9.17) is 4.99 Å². The Bertz CT molecular complexity index is 397. The molecular formula is C16H26IN3. The van der Waals surface area contributed by atoms with E-state index in [0.717, 1.165) is 31.3 Å². The minimum absolute atomic E-state index is 0. The van der Waals surface area contributed by atoms with Gasteiger partial charge in [-0.3, -0.25) is 4.99 Å². The smallest absolute Gasteiger partial charge is 0.198 e. The van der Waals surface area contributed by atoms with Gasteiger partial charge in [-0.15, -0.1) is 24.0 Å². The van der Waals surface area contributed by atoms with Crippen LogP contribution in [0.2, 0.25) is 0 Å². The molecule has 0 bridgehead atoms. The minimum Gasteiger partial charge on any atom is -0.343 e. The Hall–Kier alpha value is -0.780. The topological polar surface area (TPSA) is 27.6 Å². The number of hydrogen-bond donors (Lipinski definition) is 1. The van der Waals surface area contributed by atoms with Gasteiger partial charge in [0, 0.05) is 25.3 Å². The maximum atomic E-state index is 4.77. The first-order chi connectivity index (χ1) is 9.25. The van der Waals surface area contributed by atoms with E-state index in [9.17, 15) is 0 Å². The number of anilines is 1. The largest absolute Gasteiger partial charge is 0.343 e. The molecule has 1 N–H and O–H groups in total. The van der Waals surface area contributed by atoms with Gasteiger partial charge in [-0.05, 0) is 37.3 Å². The molecule has 0 aromatic heterocycles. The number of nitrogens with one attached hydrogen (secondary N) is 1. The van der Waals surface area contributed by atoms with E-state index in [1.165, 1.54) is 19.3 Å². The number of para-hydroxylation sites is 1. The first-order valence-electron chi connectivity index (χ1n) is 7.37. The summed E-state index contributed by atoms with van der Waals surface area (Å²) >= 11 is 0. The van der Waals surface area contributed by atoms with Crippen LogP contribution < -0.4 is 5.32 Å². The van der Waals surface area contributed by atoms with Gasteiger partial charge in [0.15, 0.2) is 5.96 Å². The van der Waals surface area contributed by atoms with Crippen molar-refractivity contribution in [2.24, 2.45) is 10.9 Å². The lowest BCUT2D eigenvalue weighted by Gasteiger charge is -2.30.